The lowest BCUT2D eigenvalue weighted by Gasteiger charge is -2.22. The lowest BCUT2D eigenvalue weighted by atomic mass is 10.2. The largest absolute Gasteiger partial charge is 0.395 e. The summed E-state index contributed by atoms with van der Waals surface area (Å²) in [5.74, 6) is 6.15. The van der Waals surface area contributed by atoms with Crippen molar-refractivity contribution >= 4 is 17.0 Å². The summed E-state index contributed by atoms with van der Waals surface area (Å²) in [5.41, 5.74) is 2.32. The SMILES string of the molecule is CCN(Cc1sccc1C#CCCO)c1ccccc1. The van der Waals surface area contributed by atoms with E-state index in [1.165, 1.54) is 10.6 Å². The van der Waals surface area contributed by atoms with Crippen LogP contribution in [-0.4, -0.2) is 18.3 Å². The Bertz CT molecular complexity index is 580. The van der Waals surface area contributed by atoms with Gasteiger partial charge in [-0.3, -0.25) is 0 Å². The molecule has 0 unspecified atom stereocenters. The van der Waals surface area contributed by atoms with Gasteiger partial charge in [0.15, 0.2) is 0 Å². The van der Waals surface area contributed by atoms with E-state index >= 15 is 0 Å². The Kier molecular flexibility index (Phi) is 5.67. The molecule has 0 aliphatic carbocycles. The van der Waals surface area contributed by atoms with Gasteiger partial charge in [0.1, 0.15) is 0 Å². The highest BCUT2D eigenvalue weighted by molar-refractivity contribution is 7.10. The molecule has 3 heteroatoms. The molecule has 1 aromatic carbocycles. The van der Waals surface area contributed by atoms with Gasteiger partial charge in [-0.25, -0.2) is 0 Å². The zero-order chi connectivity index (χ0) is 14.2. The van der Waals surface area contributed by atoms with Crippen LogP contribution in [0.3, 0.4) is 0 Å². The van der Waals surface area contributed by atoms with Crippen LogP contribution in [0.4, 0.5) is 5.69 Å². The van der Waals surface area contributed by atoms with E-state index in [2.05, 4.69) is 59.4 Å². The molecule has 20 heavy (non-hydrogen) atoms. The first-order chi connectivity index (χ1) is 9.85. The molecule has 2 nitrogen and oxygen atoms in total. The second-order valence-corrected chi connectivity index (χ2v) is 5.38. The second kappa shape index (κ2) is 7.74. The van der Waals surface area contributed by atoms with Crippen LogP contribution in [0.15, 0.2) is 41.8 Å². The maximum absolute atomic E-state index is 8.79. The number of hydrogen-bond acceptors (Lipinski definition) is 3. The molecular formula is C17H19NOS. The lowest BCUT2D eigenvalue weighted by Crippen LogP contribution is -2.21. The smallest absolute Gasteiger partial charge is 0.0540 e. The Morgan fingerprint density at radius 1 is 1.20 bits per heavy atom. The van der Waals surface area contributed by atoms with Gasteiger partial charge < -0.3 is 10.0 Å². The standard InChI is InChI=1S/C17H19NOS/c1-2-18(16-9-4-3-5-10-16)14-17-15(11-13-20-17)8-6-7-12-19/h3-5,9-11,13,19H,2,7,12,14H2,1H3. The molecule has 0 bridgehead atoms. The molecule has 0 fully saturated rings. The van der Waals surface area contributed by atoms with Crippen LogP contribution >= 0.6 is 11.3 Å². The van der Waals surface area contributed by atoms with Crippen molar-refractivity contribution in [1.29, 1.82) is 0 Å². The van der Waals surface area contributed by atoms with Crippen LogP contribution in [0.25, 0.3) is 0 Å². The Balaban J connectivity index is 2.13. The summed E-state index contributed by atoms with van der Waals surface area (Å²) >= 11 is 1.74. The zero-order valence-corrected chi connectivity index (χ0v) is 12.5. The van der Waals surface area contributed by atoms with Crippen LogP contribution in [0.2, 0.25) is 0 Å². The van der Waals surface area contributed by atoms with E-state index in [4.69, 9.17) is 5.11 Å². The molecular weight excluding hydrogens is 266 g/mol. The van der Waals surface area contributed by atoms with Gasteiger partial charge in [0, 0.05) is 29.1 Å². The van der Waals surface area contributed by atoms with Crippen molar-refractivity contribution in [3.8, 4) is 11.8 Å². The van der Waals surface area contributed by atoms with E-state index in [0.29, 0.717) is 6.42 Å². The first-order valence-corrected chi connectivity index (χ1v) is 7.69. The lowest BCUT2D eigenvalue weighted by molar-refractivity contribution is 0.305. The molecule has 1 aromatic heterocycles. The molecule has 2 rings (SSSR count). The average Bonchev–Trinajstić information content (AvgIpc) is 2.93. The van der Waals surface area contributed by atoms with Crippen molar-refractivity contribution in [3.05, 3.63) is 52.2 Å². The fourth-order valence-electron chi connectivity index (χ4n) is 1.99. The van der Waals surface area contributed by atoms with Gasteiger partial charge in [-0.05, 0) is 30.5 Å². The fourth-order valence-corrected chi connectivity index (χ4v) is 2.83. The van der Waals surface area contributed by atoms with Gasteiger partial charge in [0.05, 0.1) is 13.2 Å². The highest BCUT2D eigenvalue weighted by Gasteiger charge is 2.08. The molecule has 0 radical (unpaired) electrons. The van der Waals surface area contributed by atoms with Crippen LogP contribution < -0.4 is 4.90 Å². The normalized spacial score (nSPS) is 9.90. The van der Waals surface area contributed by atoms with Gasteiger partial charge in [-0.15, -0.1) is 11.3 Å². The van der Waals surface area contributed by atoms with Crippen LogP contribution in [-0.2, 0) is 6.54 Å². The summed E-state index contributed by atoms with van der Waals surface area (Å²) in [7, 11) is 0. The summed E-state index contributed by atoms with van der Waals surface area (Å²) in [6.07, 6.45) is 0.533. The molecule has 0 atom stereocenters. The number of benzene rings is 1. The minimum absolute atomic E-state index is 0.123. The number of rotatable bonds is 5. The third-order valence-electron chi connectivity index (χ3n) is 3.04. The molecule has 0 amide bonds. The highest BCUT2D eigenvalue weighted by atomic mass is 32.1. The van der Waals surface area contributed by atoms with E-state index in [-0.39, 0.29) is 6.61 Å². The van der Waals surface area contributed by atoms with Crippen molar-refractivity contribution in [2.45, 2.75) is 19.9 Å². The third-order valence-corrected chi connectivity index (χ3v) is 3.95. The minimum Gasteiger partial charge on any atom is -0.395 e. The first kappa shape index (κ1) is 14.6. The number of para-hydroxylation sites is 1. The average molecular weight is 285 g/mol. The summed E-state index contributed by atoms with van der Waals surface area (Å²) in [5, 5.41) is 10.9. The number of aliphatic hydroxyl groups excluding tert-OH is 1. The van der Waals surface area contributed by atoms with Gasteiger partial charge in [0.2, 0.25) is 0 Å². The summed E-state index contributed by atoms with van der Waals surface area (Å²) in [4.78, 5) is 3.62. The maximum Gasteiger partial charge on any atom is 0.0540 e. The third kappa shape index (κ3) is 3.86. The van der Waals surface area contributed by atoms with E-state index < -0.39 is 0 Å². The molecule has 2 aromatic rings. The molecule has 0 aliphatic heterocycles. The van der Waals surface area contributed by atoms with E-state index in [0.717, 1.165) is 18.7 Å². The van der Waals surface area contributed by atoms with Gasteiger partial charge >= 0.3 is 0 Å². The molecule has 0 aliphatic rings. The van der Waals surface area contributed by atoms with E-state index in [1.807, 2.05) is 6.07 Å². The van der Waals surface area contributed by atoms with Crippen molar-refractivity contribution in [2.75, 3.05) is 18.1 Å². The molecule has 0 spiro atoms. The molecule has 0 saturated carbocycles. The Hall–Kier alpha value is -1.76. The van der Waals surface area contributed by atoms with Crippen LogP contribution in [0, 0.1) is 11.8 Å². The number of anilines is 1. The predicted octanol–water partition coefficient (Wildman–Crippen LogP) is 3.51. The number of aliphatic hydroxyl groups is 1. The first-order valence-electron chi connectivity index (χ1n) is 6.81. The van der Waals surface area contributed by atoms with Gasteiger partial charge in [0.25, 0.3) is 0 Å². The monoisotopic (exact) mass is 285 g/mol. The summed E-state index contributed by atoms with van der Waals surface area (Å²) in [6, 6.07) is 12.5. The second-order valence-electron chi connectivity index (χ2n) is 4.38. The number of hydrogen-bond donors (Lipinski definition) is 1. The summed E-state index contributed by atoms with van der Waals surface area (Å²) < 4.78 is 0. The van der Waals surface area contributed by atoms with Crippen molar-refractivity contribution < 1.29 is 5.11 Å². The number of nitrogens with zero attached hydrogens (tertiary/aromatic N) is 1. The zero-order valence-electron chi connectivity index (χ0n) is 11.7. The summed E-state index contributed by atoms with van der Waals surface area (Å²) in [6.45, 7) is 4.13. The highest BCUT2D eigenvalue weighted by Crippen LogP contribution is 2.22. The van der Waals surface area contributed by atoms with Crippen LogP contribution in [0.5, 0.6) is 0 Å². The Morgan fingerprint density at radius 2 is 2.00 bits per heavy atom. The van der Waals surface area contributed by atoms with E-state index in [9.17, 15) is 0 Å². The van der Waals surface area contributed by atoms with Crippen molar-refractivity contribution in [1.82, 2.24) is 0 Å². The number of thiophene rings is 1. The Labute approximate surface area is 124 Å². The van der Waals surface area contributed by atoms with E-state index in [1.54, 1.807) is 11.3 Å². The quantitative estimate of drug-likeness (QED) is 0.850. The fraction of sp³-hybridized carbons (Fsp3) is 0.294. The maximum atomic E-state index is 8.79. The van der Waals surface area contributed by atoms with Crippen molar-refractivity contribution in [2.24, 2.45) is 0 Å². The van der Waals surface area contributed by atoms with Crippen LogP contribution in [0.1, 0.15) is 23.8 Å². The molecule has 1 N–H and O–H groups in total. The molecule has 0 saturated heterocycles. The molecule has 104 valence electrons. The van der Waals surface area contributed by atoms with Gasteiger partial charge in [-0.1, -0.05) is 30.0 Å². The minimum atomic E-state index is 0.123. The topological polar surface area (TPSA) is 23.5 Å². The predicted molar refractivity (Wildman–Crippen MR) is 86.1 cm³/mol. The Morgan fingerprint density at radius 3 is 2.70 bits per heavy atom. The molecule has 1 heterocycles. The van der Waals surface area contributed by atoms with Crippen molar-refractivity contribution in [3.63, 3.8) is 0 Å². The van der Waals surface area contributed by atoms with Gasteiger partial charge in [-0.2, -0.15) is 0 Å².